The second kappa shape index (κ2) is 10.0. The van der Waals surface area contributed by atoms with Gasteiger partial charge in [-0.2, -0.15) is 0 Å². The molecule has 2 N–H and O–H groups in total. The minimum atomic E-state index is -0.646. The third kappa shape index (κ3) is 4.83. The zero-order valence-corrected chi connectivity index (χ0v) is 20.7. The van der Waals surface area contributed by atoms with Crippen LogP contribution in [0, 0.1) is 11.7 Å². The van der Waals surface area contributed by atoms with Crippen LogP contribution in [0.3, 0.4) is 0 Å². The Morgan fingerprint density at radius 2 is 1.86 bits per heavy atom. The number of pyridine rings is 1. The molecule has 3 aliphatic rings. The van der Waals surface area contributed by atoms with E-state index >= 15 is 4.39 Å². The number of carbonyl (C=O) groups excluding carboxylic acids is 1. The van der Waals surface area contributed by atoms with Crippen LogP contribution in [-0.4, -0.2) is 65.8 Å². The predicted molar refractivity (Wildman–Crippen MR) is 133 cm³/mol. The number of aliphatic hydroxyl groups is 1. The fourth-order valence-electron chi connectivity index (χ4n) is 5.91. The number of esters is 1. The Morgan fingerprint density at radius 3 is 2.62 bits per heavy atom. The van der Waals surface area contributed by atoms with Gasteiger partial charge in [0.05, 0.1) is 31.4 Å². The second-order valence-corrected chi connectivity index (χ2v) is 10.3. The highest BCUT2D eigenvalue weighted by Gasteiger charge is 2.48. The molecule has 6 rings (SSSR count). The Bertz CT molecular complexity index is 1270. The van der Waals surface area contributed by atoms with E-state index in [0.29, 0.717) is 47.3 Å². The number of carbonyl (C=O) groups is 1. The maximum absolute atomic E-state index is 15.0. The van der Waals surface area contributed by atoms with E-state index in [1.54, 1.807) is 6.07 Å². The van der Waals surface area contributed by atoms with E-state index in [1.807, 2.05) is 12.1 Å². The monoisotopic (exact) mass is 510 g/mol. The number of aliphatic hydroxyl groups excluding tert-OH is 1. The first kappa shape index (κ1) is 24.3. The molecule has 0 spiro atoms. The van der Waals surface area contributed by atoms with E-state index < -0.39 is 11.9 Å². The molecule has 0 unspecified atom stereocenters. The Hall–Kier alpha value is -3.01. The number of aromatic nitrogens is 2. The molecule has 3 fully saturated rings. The lowest BCUT2D eigenvalue weighted by Gasteiger charge is -2.28. The number of aromatic amines is 1. The second-order valence-electron chi connectivity index (χ2n) is 10.3. The predicted octanol–water partition coefficient (Wildman–Crippen LogP) is 4.11. The van der Waals surface area contributed by atoms with E-state index in [4.69, 9.17) is 18.9 Å². The quantitative estimate of drug-likeness (QED) is 0.481. The van der Waals surface area contributed by atoms with Crippen molar-refractivity contribution in [3.05, 3.63) is 47.8 Å². The Kier molecular flexibility index (Phi) is 6.60. The molecule has 1 aliphatic carbocycles. The van der Waals surface area contributed by atoms with Crippen molar-refractivity contribution < 1.29 is 33.2 Å². The minimum Gasteiger partial charge on any atom is -0.470 e. The summed E-state index contributed by atoms with van der Waals surface area (Å²) in [7, 11) is 1.44. The van der Waals surface area contributed by atoms with Gasteiger partial charge in [0.2, 0.25) is 0 Å². The average Bonchev–Trinajstić information content (AvgIpc) is 3.60. The standard InChI is InChI=1S/C28H31FN2O6/c1-34-25(33)10-15-2-4-16(5-3-15)17-6-8-18(9-7-17)26-19(29)11-20-21(31-26)12-24(30-20)37-23-14-36-27-22(32)13-35-28(23)27/h6-9,11-12,15-16,22-23,27-28,30,32H,2-5,10,13-14H2,1H3/t15?,16?,22-,23-,27-,28-/m1/s1. The van der Waals surface area contributed by atoms with Gasteiger partial charge in [-0.15, -0.1) is 0 Å². The van der Waals surface area contributed by atoms with Crippen LogP contribution in [0.25, 0.3) is 22.3 Å². The molecule has 4 heterocycles. The maximum Gasteiger partial charge on any atom is 0.305 e. The minimum absolute atomic E-state index is 0.135. The van der Waals surface area contributed by atoms with E-state index in [9.17, 15) is 9.90 Å². The summed E-state index contributed by atoms with van der Waals surface area (Å²) in [5.41, 5.74) is 3.38. The summed E-state index contributed by atoms with van der Waals surface area (Å²) in [6.07, 6.45) is 2.86. The van der Waals surface area contributed by atoms with E-state index in [1.165, 1.54) is 18.7 Å². The molecule has 4 atom stereocenters. The Labute approximate surface area is 214 Å². The van der Waals surface area contributed by atoms with Crippen LogP contribution in [0.2, 0.25) is 0 Å². The summed E-state index contributed by atoms with van der Waals surface area (Å²) in [6, 6.07) is 11.2. The zero-order chi connectivity index (χ0) is 25.5. The first-order chi connectivity index (χ1) is 18.0. The van der Waals surface area contributed by atoms with Crippen molar-refractivity contribution in [3.63, 3.8) is 0 Å². The number of benzene rings is 1. The molecular weight excluding hydrogens is 479 g/mol. The molecule has 1 saturated carbocycles. The molecule has 2 saturated heterocycles. The van der Waals surface area contributed by atoms with Crippen molar-refractivity contribution in [2.45, 2.75) is 62.4 Å². The van der Waals surface area contributed by atoms with E-state index in [0.717, 1.165) is 25.7 Å². The Balaban J connectivity index is 1.14. The maximum atomic E-state index is 15.0. The lowest BCUT2D eigenvalue weighted by Crippen LogP contribution is -2.34. The van der Waals surface area contributed by atoms with Gasteiger partial charge in [-0.3, -0.25) is 4.79 Å². The van der Waals surface area contributed by atoms with Crippen LogP contribution in [0.1, 0.15) is 43.6 Å². The lowest BCUT2D eigenvalue weighted by molar-refractivity contribution is -0.142. The molecule has 3 aromatic rings. The zero-order valence-electron chi connectivity index (χ0n) is 20.7. The molecule has 8 nitrogen and oxygen atoms in total. The molecule has 1 aromatic carbocycles. The van der Waals surface area contributed by atoms with Gasteiger partial charge in [0.15, 0.2) is 17.8 Å². The first-order valence-corrected chi connectivity index (χ1v) is 12.9. The number of methoxy groups -OCH3 is 1. The molecule has 196 valence electrons. The third-order valence-electron chi connectivity index (χ3n) is 7.98. The van der Waals surface area contributed by atoms with Crippen molar-refractivity contribution in [1.82, 2.24) is 9.97 Å². The van der Waals surface area contributed by atoms with Crippen LogP contribution in [0.4, 0.5) is 4.39 Å². The van der Waals surface area contributed by atoms with Crippen molar-refractivity contribution in [1.29, 1.82) is 0 Å². The van der Waals surface area contributed by atoms with Gasteiger partial charge in [0, 0.05) is 24.1 Å². The highest BCUT2D eigenvalue weighted by atomic mass is 19.1. The number of hydrogen-bond acceptors (Lipinski definition) is 7. The molecule has 2 aromatic heterocycles. The SMILES string of the molecule is COC(=O)CC1CCC(c2ccc(-c3nc4cc(O[C@@H]5CO[C@H]6[C@@H]5OC[C@H]6O)[nH]c4cc3F)cc2)CC1. The van der Waals surface area contributed by atoms with E-state index in [2.05, 4.69) is 22.1 Å². The Morgan fingerprint density at radius 1 is 1.11 bits per heavy atom. The summed E-state index contributed by atoms with van der Waals surface area (Å²) in [5.74, 6) is 0.740. The van der Waals surface area contributed by atoms with Gasteiger partial charge in [-0.1, -0.05) is 24.3 Å². The van der Waals surface area contributed by atoms with Gasteiger partial charge in [-0.25, -0.2) is 9.37 Å². The molecule has 0 bridgehead atoms. The topological polar surface area (TPSA) is 103 Å². The van der Waals surface area contributed by atoms with Crippen LogP contribution < -0.4 is 4.74 Å². The molecule has 2 aliphatic heterocycles. The average molecular weight is 511 g/mol. The third-order valence-corrected chi connectivity index (χ3v) is 7.98. The normalized spacial score (nSPS) is 29.4. The molecular formula is C28H31FN2O6. The number of hydrogen-bond donors (Lipinski definition) is 2. The smallest absolute Gasteiger partial charge is 0.305 e. The largest absolute Gasteiger partial charge is 0.470 e. The summed E-state index contributed by atoms with van der Waals surface area (Å²) >= 11 is 0. The van der Waals surface area contributed by atoms with Gasteiger partial charge in [0.1, 0.15) is 24.0 Å². The van der Waals surface area contributed by atoms with Crippen LogP contribution in [0.15, 0.2) is 36.4 Å². The molecule has 0 amide bonds. The van der Waals surface area contributed by atoms with Gasteiger partial charge >= 0.3 is 5.97 Å². The first-order valence-electron chi connectivity index (χ1n) is 12.9. The number of nitrogens with zero attached hydrogens (tertiary/aromatic N) is 1. The van der Waals surface area contributed by atoms with E-state index in [-0.39, 0.29) is 36.6 Å². The van der Waals surface area contributed by atoms with Crippen molar-refractivity contribution in [2.75, 3.05) is 20.3 Å². The molecule has 9 heteroatoms. The van der Waals surface area contributed by atoms with Gasteiger partial charge < -0.3 is 29.0 Å². The number of ether oxygens (including phenoxy) is 4. The van der Waals surface area contributed by atoms with Gasteiger partial charge in [-0.05, 0) is 43.1 Å². The molecule has 37 heavy (non-hydrogen) atoms. The highest BCUT2D eigenvalue weighted by Crippen LogP contribution is 2.38. The van der Waals surface area contributed by atoms with Crippen LogP contribution >= 0.6 is 0 Å². The number of halogens is 1. The number of rotatable bonds is 6. The summed E-state index contributed by atoms with van der Waals surface area (Å²) in [4.78, 5) is 19.2. The summed E-state index contributed by atoms with van der Waals surface area (Å²) in [5, 5.41) is 9.93. The summed E-state index contributed by atoms with van der Waals surface area (Å²) in [6.45, 7) is 0.543. The van der Waals surface area contributed by atoms with Crippen molar-refractivity contribution in [3.8, 4) is 17.1 Å². The molecule has 0 radical (unpaired) electrons. The van der Waals surface area contributed by atoms with Crippen LogP contribution in [0.5, 0.6) is 5.88 Å². The van der Waals surface area contributed by atoms with Crippen molar-refractivity contribution >= 4 is 17.0 Å². The number of H-pyrrole nitrogens is 1. The fraction of sp³-hybridized carbons (Fsp3) is 0.500. The van der Waals surface area contributed by atoms with Crippen LogP contribution in [-0.2, 0) is 19.0 Å². The number of nitrogens with one attached hydrogen (secondary N) is 1. The van der Waals surface area contributed by atoms with Gasteiger partial charge in [0.25, 0.3) is 0 Å². The van der Waals surface area contributed by atoms with Crippen molar-refractivity contribution in [2.24, 2.45) is 5.92 Å². The highest BCUT2D eigenvalue weighted by molar-refractivity contribution is 5.81. The summed E-state index contributed by atoms with van der Waals surface area (Å²) < 4.78 is 37.1. The number of fused-ring (bicyclic) bond motifs is 2. The fourth-order valence-corrected chi connectivity index (χ4v) is 5.91. The lowest BCUT2D eigenvalue weighted by atomic mass is 9.77.